The molecule has 1 amide bonds. The Balaban J connectivity index is 1.64. The summed E-state index contributed by atoms with van der Waals surface area (Å²) >= 11 is 0. The normalized spacial score (nSPS) is 14.7. The zero-order valence-electron chi connectivity index (χ0n) is 15.3. The van der Waals surface area contributed by atoms with Crippen LogP contribution in [0.2, 0.25) is 0 Å². The third-order valence-corrected chi connectivity index (χ3v) is 4.49. The van der Waals surface area contributed by atoms with Crippen LogP contribution in [0.4, 0.5) is 4.39 Å². The van der Waals surface area contributed by atoms with E-state index >= 15 is 0 Å². The molecule has 0 fully saturated rings. The number of aryl methyl sites for hydroxylation is 2. The molecule has 140 valence electrons. The van der Waals surface area contributed by atoms with E-state index in [1.165, 1.54) is 7.11 Å². The third-order valence-electron chi connectivity index (χ3n) is 4.49. The maximum Gasteiger partial charge on any atom is 0.246 e. The number of ether oxygens (including phenoxy) is 1. The fourth-order valence-electron chi connectivity index (χ4n) is 3.20. The molecule has 1 N–H and O–H groups in total. The number of benzene rings is 1. The van der Waals surface area contributed by atoms with Crippen molar-refractivity contribution in [3.8, 4) is 0 Å². The van der Waals surface area contributed by atoms with Gasteiger partial charge in [0.2, 0.25) is 5.91 Å². The fraction of sp³-hybridized carbons (Fsp3) is 0.474. The minimum atomic E-state index is -0.160. The van der Waals surface area contributed by atoms with Crippen LogP contribution in [0.1, 0.15) is 28.9 Å². The standard InChI is InChI=1S/C19H25FN4O2/c1-14-4-5-15(18(20)8-14)11-23-6-3-7-24-17(12-23)9-16(22-24)10-21-19(25)13-26-2/h4-5,8-9H,3,6-7,10-13H2,1-2H3,(H,21,25). The molecule has 3 rings (SSSR count). The molecule has 0 aliphatic carbocycles. The first kappa shape index (κ1) is 18.5. The topological polar surface area (TPSA) is 59.4 Å². The largest absolute Gasteiger partial charge is 0.375 e. The minimum Gasteiger partial charge on any atom is -0.375 e. The summed E-state index contributed by atoms with van der Waals surface area (Å²) in [5.41, 5.74) is 3.56. The van der Waals surface area contributed by atoms with Gasteiger partial charge in [-0.25, -0.2) is 4.39 Å². The molecule has 0 saturated carbocycles. The number of hydrogen-bond donors (Lipinski definition) is 1. The lowest BCUT2D eigenvalue weighted by Crippen LogP contribution is -2.26. The highest BCUT2D eigenvalue weighted by Gasteiger charge is 2.18. The second kappa shape index (κ2) is 8.42. The minimum absolute atomic E-state index is 0.0451. The average molecular weight is 360 g/mol. The summed E-state index contributed by atoms with van der Waals surface area (Å²) in [6, 6.07) is 7.40. The Labute approximate surface area is 152 Å². The van der Waals surface area contributed by atoms with Crippen molar-refractivity contribution in [1.82, 2.24) is 20.0 Å². The second-order valence-corrected chi connectivity index (χ2v) is 6.72. The van der Waals surface area contributed by atoms with Crippen molar-refractivity contribution in [3.05, 3.63) is 52.6 Å². The van der Waals surface area contributed by atoms with Gasteiger partial charge in [-0.2, -0.15) is 5.10 Å². The van der Waals surface area contributed by atoms with E-state index in [-0.39, 0.29) is 18.3 Å². The van der Waals surface area contributed by atoms with E-state index in [1.54, 1.807) is 6.07 Å². The Morgan fingerprint density at radius 1 is 1.35 bits per heavy atom. The van der Waals surface area contributed by atoms with Crippen molar-refractivity contribution in [3.63, 3.8) is 0 Å². The molecule has 1 aromatic heterocycles. The average Bonchev–Trinajstić information content (AvgIpc) is 2.88. The fourth-order valence-corrected chi connectivity index (χ4v) is 3.20. The highest BCUT2D eigenvalue weighted by Crippen LogP contribution is 2.18. The lowest BCUT2D eigenvalue weighted by atomic mass is 10.1. The van der Waals surface area contributed by atoms with E-state index in [9.17, 15) is 9.18 Å². The predicted octanol–water partition coefficient (Wildman–Crippen LogP) is 2.00. The summed E-state index contributed by atoms with van der Waals surface area (Å²) in [7, 11) is 1.49. The van der Waals surface area contributed by atoms with E-state index in [2.05, 4.69) is 15.3 Å². The summed E-state index contributed by atoms with van der Waals surface area (Å²) in [4.78, 5) is 13.7. The van der Waals surface area contributed by atoms with Crippen LogP contribution in [0, 0.1) is 12.7 Å². The Bertz CT molecular complexity index is 775. The Morgan fingerprint density at radius 3 is 2.96 bits per heavy atom. The van der Waals surface area contributed by atoms with Crippen molar-refractivity contribution >= 4 is 5.91 Å². The molecule has 7 heteroatoms. The third kappa shape index (κ3) is 4.68. The van der Waals surface area contributed by atoms with E-state index in [0.717, 1.165) is 42.0 Å². The first-order valence-corrected chi connectivity index (χ1v) is 8.84. The van der Waals surface area contributed by atoms with Crippen molar-refractivity contribution < 1.29 is 13.9 Å². The van der Waals surface area contributed by atoms with Crippen LogP contribution in [0.3, 0.4) is 0 Å². The van der Waals surface area contributed by atoms with Gasteiger partial charge in [0.15, 0.2) is 0 Å². The molecule has 26 heavy (non-hydrogen) atoms. The van der Waals surface area contributed by atoms with Crippen LogP contribution in [-0.2, 0) is 35.7 Å². The van der Waals surface area contributed by atoms with Gasteiger partial charge in [-0.3, -0.25) is 14.4 Å². The maximum absolute atomic E-state index is 14.2. The van der Waals surface area contributed by atoms with Crippen LogP contribution in [0.15, 0.2) is 24.3 Å². The number of fused-ring (bicyclic) bond motifs is 1. The Hall–Kier alpha value is -2.25. The summed E-state index contributed by atoms with van der Waals surface area (Å²) in [5, 5.41) is 7.36. The number of amides is 1. The smallest absolute Gasteiger partial charge is 0.246 e. The van der Waals surface area contributed by atoms with Crippen LogP contribution < -0.4 is 5.32 Å². The summed E-state index contributed by atoms with van der Waals surface area (Å²) < 4.78 is 20.9. The molecular weight excluding hydrogens is 335 g/mol. The zero-order chi connectivity index (χ0) is 18.5. The van der Waals surface area contributed by atoms with Gasteiger partial charge < -0.3 is 10.1 Å². The SMILES string of the molecule is COCC(=O)NCc1cc2n(n1)CCCN(Cc1ccc(C)cc1F)C2. The molecule has 0 bridgehead atoms. The summed E-state index contributed by atoms with van der Waals surface area (Å²) in [6.07, 6.45) is 0.956. The first-order chi connectivity index (χ1) is 12.5. The molecule has 0 spiro atoms. The molecule has 1 aromatic carbocycles. The van der Waals surface area contributed by atoms with Gasteiger partial charge in [-0.15, -0.1) is 0 Å². The number of carbonyl (C=O) groups is 1. The van der Waals surface area contributed by atoms with Crippen LogP contribution >= 0.6 is 0 Å². The molecule has 0 radical (unpaired) electrons. The van der Waals surface area contributed by atoms with E-state index in [1.807, 2.05) is 29.8 Å². The van der Waals surface area contributed by atoms with Crippen LogP contribution in [0.5, 0.6) is 0 Å². The van der Waals surface area contributed by atoms with E-state index in [4.69, 9.17) is 4.74 Å². The van der Waals surface area contributed by atoms with Gasteiger partial charge in [-0.1, -0.05) is 12.1 Å². The van der Waals surface area contributed by atoms with E-state index < -0.39 is 0 Å². The van der Waals surface area contributed by atoms with Gasteiger partial charge in [0.1, 0.15) is 12.4 Å². The van der Waals surface area contributed by atoms with Gasteiger partial charge in [0, 0.05) is 38.9 Å². The number of carbonyl (C=O) groups excluding carboxylic acids is 1. The molecule has 2 heterocycles. The molecule has 0 atom stereocenters. The number of nitrogens with zero attached hydrogens (tertiary/aromatic N) is 3. The molecular formula is C19H25FN4O2. The van der Waals surface area contributed by atoms with Crippen molar-refractivity contribution in [2.75, 3.05) is 20.3 Å². The maximum atomic E-state index is 14.2. The number of halogens is 1. The number of nitrogens with one attached hydrogen (secondary N) is 1. The number of aromatic nitrogens is 2. The lowest BCUT2D eigenvalue weighted by molar-refractivity contribution is -0.124. The lowest BCUT2D eigenvalue weighted by Gasteiger charge is -2.20. The molecule has 0 unspecified atom stereocenters. The predicted molar refractivity (Wildman–Crippen MR) is 95.8 cm³/mol. The van der Waals surface area contributed by atoms with Gasteiger partial charge >= 0.3 is 0 Å². The molecule has 6 nitrogen and oxygen atoms in total. The zero-order valence-corrected chi connectivity index (χ0v) is 15.3. The van der Waals surface area contributed by atoms with Crippen molar-refractivity contribution in [2.24, 2.45) is 0 Å². The van der Waals surface area contributed by atoms with Gasteiger partial charge in [-0.05, 0) is 31.0 Å². The monoisotopic (exact) mass is 360 g/mol. The Kier molecular flexibility index (Phi) is 6.00. The number of methoxy groups -OCH3 is 1. The molecule has 2 aromatic rings. The first-order valence-electron chi connectivity index (χ1n) is 8.84. The number of hydrogen-bond acceptors (Lipinski definition) is 4. The van der Waals surface area contributed by atoms with Crippen molar-refractivity contribution in [1.29, 1.82) is 0 Å². The highest BCUT2D eigenvalue weighted by atomic mass is 19.1. The second-order valence-electron chi connectivity index (χ2n) is 6.72. The summed E-state index contributed by atoms with van der Waals surface area (Å²) in [5.74, 6) is -0.309. The van der Waals surface area contributed by atoms with Gasteiger partial charge in [0.25, 0.3) is 0 Å². The van der Waals surface area contributed by atoms with Crippen molar-refractivity contribution in [2.45, 2.75) is 39.5 Å². The van der Waals surface area contributed by atoms with Gasteiger partial charge in [0.05, 0.1) is 17.9 Å². The molecule has 0 saturated heterocycles. The molecule has 1 aliphatic rings. The van der Waals surface area contributed by atoms with Crippen LogP contribution in [-0.4, -0.2) is 40.8 Å². The Morgan fingerprint density at radius 2 is 2.19 bits per heavy atom. The molecule has 1 aliphatic heterocycles. The highest BCUT2D eigenvalue weighted by molar-refractivity contribution is 5.77. The van der Waals surface area contributed by atoms with E-state index in [0.29, 0.717) is 19.6 Å². The number of rotatable bonds is 6. The van der Waals surface area contributed by atoms with Crippen LogP contribution in [0.25, 0.3) is 0 Å². The summed E-state index contributed by atoms with van der Waals surface area (Å²) in [6.45, 7) is 5.34. The quantitative estimate of drug-likeness (QED) is 0.856.